The van der Waals surface area contributed by atoms with Gasteiger partial charge >= 0.3 is 0 Å². The normalized spacial score (nSPS) is 9.70. The van der Waals surface area contributed by atoms with Gasteiger partial charge in [-0.05, 0) is 12.1 Å². The molecular formula is C7H8ClNS. The van der Waals surface area contributed by atoms with E-state index in [-0.39, 0.29) is 0 Å². The van der Waals surface area contributed by atoms with Crippen molar-refractivity contribution in [3.8, 4) is 0 Å². The molecule has 0 unspecified atom stereocenters. The predicted octanol–water partition coefficient (Wildman–Crippen LogP) is 2.46. The number of pyridine rings is 1. The molecule has 1 aromatic rings. The Bertz CT molecular complexity index is 236. The lowest BCUT2D eigenvalue weighted by Gasteiger charge is -2.00. The van der Waals surface area contributed by atoms with E-state index in [0.29, 0.717) is 5.88 Å². The molecule has 0 saturated carbocycles. The lowest BCUT2D eigenvalue weighted by Crippen LogP contribution is -1.97. The number of halogens is 1. The molecule has 54 valence electrons. The number of hydrogen-bond acceptors (Lipinski definition) is 1. The van der Waals surface area contributed by atoms with E-state index in [9.17, 15) is 0 Å². The number of aryl methyl sites for hydroxylation is 1. The summed E-state index contributed by atoms with van der Waals surface area (Å²) in [5.74, 6) is 0.640. The van der Waals surface area contributed by atoms with Gasteiger partial charge in [-0.25, -0.2) is 0 Å². The van der Waals surface area contributed by atoms with Gasteiger partial charge < -0.3 is 4.57 Å². The van der Waals surface area contributed by atoms with E-state index >= 15 is 0 Å². The van der Waals surface area contributed by atoms with Gasteiger partial charge in [-0.2, -0.15) is 0 Å². The van der Waals surface area contributed by atoms with E-state index < -0.39 is 0 Å². The third-order valence-electron chi connectivity index (χ3n) is 1.20. The first-order valence-electron chi connectivity index (χ1n) is 3.05. The Morgan fingerprint density at radius 2 is 2.00 bits per heavy atom. The molecule has 0 saturated heterocycles. The largest absolute Gasteiger partial charge is 0.353 e. The highest BCUT2D eigenvalue weighted by Crippen LogP contribution is 1.92. The van der Waals surface area contributed by atoms with E-state index in [2.05, 4.69) is 0 Å². The Morgan fingerprint density at radius 1 is 1.40 bits per heavy atom. The third kappa shape index (κ3) is 2.12. The van der Waals surface area contributed by atoms with Crippen LogP contribution in [0.3, 0.4) is 0 Å². The lowest BCUT2D eigenvalue weighted by atomic mass is 10.5. The molecule has 0 aliphatic carbocycles. The minimum absolute atomic E-state index is 0.640. The van der Waals surface area contributed by atoms with Crippen molar-refractivity contribution in [2.24, 2.45) is 0 Å². The molecule has 1 aromatic heterocycles. The highest BCUT2D eigenvalue weighted by atomic mass is 35.5. The maximum atomic E-state index is 5.53. The Kier molecular flexibility index (Phi) is 2.90. The number of hydrogen-bond donors (Lipinski definition) is 0. The van der Waals surface area contributed by atoms with Gasteiger partial charge in [-0.3, -0.25) is 0 Å². The summed E-state index contributed by atoms with van der Waals surface area (Å²) >= 11 is 10.4. The van der Waals surface area contributed by atoms with Gasteiger partial charge in [0.25, 0.3) is 0 Å². The summed E-state index contributed by atoms with van der Waals surface area (Å²) in [5, 5.41) is 0. The summed E-state index contributed by atoms with van der Waals surface area (Å²) in [5.41, 5.74) is 0. The van der Waals surface area contributed by atoms with Crippen LogP contribution in [0.25, 0.3) is 0 Å². The van der Waals surface area contributed by atoms with Crippen LogP contribution in [0.1, 0.15) is 0 Å². The number of aromatic nitrogens is 1. The predicted molar refractivity (Wildman–Crippen MR) is 46.0 cm³/mol. The van der Waals surface area contributed by atoms with Crippen LogP contribution < -0.4 is 0 Å². The topological polar surface area (TPSA) is 4.93 Å². The molecule has 0 atom stereocenters. The summed E-state index contributed by atoms with van der Waals surface area (Å²) < 4.78 is 2.87. The van der Waals surface area contributed by atoms with Gasteiger partial charge in [0.15, 0.2) is 0 Å². The van der Waals surface area contributed by atoms with Gasteiger partial charge in [0.1, 0.15) is 0 Å². The SMILES string of the molecule is S=c1ccn(CCCl)cc1. The van der Waals surface area contributed by atoms with Crippen molar-refractivity contribution >= 4 is 23.8 Å². The van der Waals surface area contributed by atoms with Gasteiger partial charge in [0, 0.05) is 29.3 Å². The molecule has 0 amide bonds. The van der Waals surface area contributed by atoms with E-state index in [1.807, 2.05) is 29.1 Å². The van der Waals surface area contributed by atoms with Crippen molar-refractivity contribution in [3.05, 3.63) is 29.0 Å². The summed E-state index contributed by atoms with van der Waals surface area (Å²) in [6, 6.07) is 3.78. The van der Waals surface area contributed by atoms with Crippen LogP contribution in [-0.2, 0) is 6.54 Å². The molecule has 1 heterocycles. The molecule has 0 aromatic carbocycles. The first kappa shape index (κ1) is 7.76. The maximum Gasteiger partial charge on any atom is 0.0406 e. The summed E-state index contributed by atoms with van der Waals surface area (Å²) in [6.07, 6.45) is 3.87. The fourth-order valence-corrected chi connectivity index (χ4v) is 1.01. The lowest BCUT2D eigenvalue weighted by molar-refractivity contribution is 0.760. The Balaban J connectivity index is 2.79. The highest BCUT2D eigenvalue weighted by molar-refractivity contribution is 7.71. The van der Waals surface area contributed by atoms with E-state index in [4.69, 9.17) is 23.8 Å². The number of nitrogens with zero attached hydrogens (tertiary/aromatic N) is 1. The first-order valence-corrected chi connectivity index (χ1v) is 3.99. The van der Waals surface area contributed by atoms with Crippen molar-refractivity contribution in [3.63, 3.8) is 0 Å². The van der Waals surface area contributed by atoms with Gasteiger partial charge in [-0.1, -0.05) is 12.2 Å². The van der Waals surface area contributed by atoms with Crippen LogP contribution in [0.4, 0.5) is 0 Å². The zero-order valence-electron chi connectivity index (χ0n) is 5.46. The summed E-state index contributed by atoms with van der Waals surface area (Å²) in [7, 11) is 0. The molecule has 1 rings (SSSR count). The second-order valence-electron chi connectivity index (χ2n) is 1.96. The zero-order valence-corrected chi connectivity index (χ0v) is 7.03. The minimum atomic E-state index is 0.640. The second kappa shape index (κ2) is 3.74. The molecule has 0 aliphatic rings. The average Bonchev–Trinajstić information content (AvgIpc) is 1.95. The van der Waals surface area contributed by atoms with Crippen LogP contribution in [-0.4, -0.2) is 10.4 Å². The smallest absolute Gasteiger partial charge is 0.0406 e. The summed E-state index contributed by atoms with van der Waals surface area (Å²) in [6.45, 7) is 0.844. The molecule has 0 bridgehead atoms. The van der Waals surface area contributed by atoms with Crippen LogP contribution in [0.5, 0.6) is 0 Å². The van der Waals surface area contributed by atoms with Crippen molar-refractivity contribution < 1.29 is 0 Å². The van der Waals surface area contributed by atoms with Crippen molar-refractivity contribution in [1.29, 1.82) is 0 Å². The van der Waals surface area contributed by atoms with E-state index in [1.54, 1.807) is 0 Å². The van der Waals surface area contributed by atoms with Gasteiger partial charge in [-0.15, -0.1) is 11.6 Å². The maximum absolute atomic E-state index is 5.53. The molecule has 3 heteroatoms. The quantitative estimate of drug-likeness (QED) is 0.492. The first-order chi connectivity index (χ1) is 4.83. The molecule has 1 nitrogen and oxygen atoms in total. The van der Waals surface area contributed by atoms with Crippen LogP contribution in [0.2, 0.25) is 0 Å². The average molecular weight is 174 g/mol. The Hall–Kier alpha value is -0.340. The van der Waals surface area contributed by atoms with Gasteiger partial charge in [0.2, 0.25) is 0 Å². The van der Waals surface area contributed by atoms with Crippen molar-refractivity contribution in [1.82, 2.24) is 4.57 Å². The second-order valence-corrected chi connectivity index (χ2v) is 2.81. The molecule has 0 spiro atoms. The molecular weight excluding hydrogens is 166 g/mol. The van der Waals surface area contributed by atoms with Crippen molar-refractivity contribution in [2.75, 3.05) is 5.88 Å². The molecule has 0 fully saturated rings. The monoisotopic (exact) mass is 173 g/mol. The fraction of sp³-hybridized carbons (Fsp3) is 0.286. The molecule has 0 radical (unpaired) electrons. The zero-order chi connectivity index (χ0) is 7.40. The summed E-state index contributed by atoms with van der Waals surface area (Å²) in [4.78, 5) is 0. The Labute approximate surface area is 70.3 Å². The number of alkyl halides is 1. The van der Waals surface area contributed by atoms with Crippen LogP contribution in [0.15, 0.2) is 24.5 Å². The van der Waals surface area contributed by atoms with Gasteiger partial charge in [0.05, 0.1) is 0 Å². The minimum Gasteiger partial charge on any atom is -0.353 e. The van der Waals surface area contributed by atoms with E-state index in [1.165, 1.54) is 0 Å². The molecule has 0 aliphatic heterocycles. The third-order valence-corrected chi connectivity index (χ3v) is 1.64. The van der Waals surface area contributed by atoms with Crippen LogP contribution in [0, 0.1) is 4.51 Å². The van der Waals surface area contributed by atoms with Crippen molar-refractivity contribution in [2.45, 2.75) is 6.54 Å². The van der Waals surface area contributed by atoms with Crippen LogP contribution >= 0.6 is 23.8 Å². The fourth-order valence-electron chi connectivity index (χ4n) is 0.690. The number of rotatable bonds is 2. The van der Waals surface area contributed by atoms with E-state index in [0.717, 1.165) is 11.1 Å². The highest BCUT2D eigenvalue weighted by Gasteiger charge is 1.83. The molecule has 0 N–H and O–H groups in total. The molecule has 10 heavy (non-hydrogen) atoms. The Morgan fingerprint density at radius 3 is 2.50 bits per heavy atom. The standard InChI is InChI=1S/C7H8ClNS/c8-3-6-9-4-1-7(10)2-5-9/h1-2,4-5H,3,6H2.